The molecule has 1 heterocycles. The highest BCUT2D eigenvalue weighted by Gasteiger charge is 2.22. The van der Waals surface area contributed by atoms with Gasteiger partial charge in [0.1, 0.15) is 6.04 Å². The molecule has 4 N–H and O–H groups in total. The number of anilines is 1. The van der Waals surface area contributed by atoms with Crippen LogP contribution >= 0.6 is 24.4 Å². The van der Waals surface area contributed by atoms with Crippen molar-refractivity contribution in [3.63, 3.8) is 0 Å². The van der Waals surface area contributed by atoms with Crippen LogP contribution in [0.1, 0.15) is 6.42 Å². The van der Waals surface area contributed by atoms with Gasteiger partial charge in [-0.3, -0.25) is 4.79 Å². The molecule has 2 unspecified atom stereocenters. The van der Waals surface area contributed by atoms with E-state index >= 15 is 0 Å². The first-order chi connectivity index (χ1) is 17.5. The van der Waals surface area contributed by atoms with Gasteiger partial charge in [-0.2, -0.15) is 24.4 Å². The lowest BCUT2D eigenvalue weighted by Gasteiger charge is -2.18. The van der Waals surface area contributed by atoms with E-state index in [9.17, 15) is 9.59 Å². The third-order valence-corrected chi connectivity index (χ3v) is 6.60. The van der Waals surface area contributed by atoms with Gasteiger partial charge in [0.2, 0.25) is 5.88 Å². The van der Waals surface area contributed by atoms with E-state index in [1.807, 2.05) is 60.9 Å². The van der Waals surface area contributed by atoms with Crippen LogP contribution < -0.4 is 21.1 Å². The summed E-state index contributed by atoms with van der Waals surface area (Å²) in [6.45, 7) is 0.145. The van der Waals surface area contributed by atoms with Crippen molar-refractivity contribution in [2.24, 2.45) is 5.73 Å². The standard InChI is InChI=1S/C26H32N4O4S2/c1-33-26(32)23(12-13-36-2)29-24(31)15-34-25-22(28-14-18(27)16-35)11-10-21(30-25)20-9-5-7-17-6-3-4-8-19(17)20/h3-11,18,23,28,35H,12-16,27H2,1-2H3,(H,29,31). The summed E-state index contributed by atoms with van der Waals surface area (Å²) in [5.41, 5.74) is 8.27. The number of fused-ring (bicyclic) bond motifs is 1. The number of hydrogen-bond acceptors (Lipinski definition) is 9. The van der Waals surface area contributed by atoms with Crippen molar-refractivity contribution in [3.8, 4) is 17.1 Å². The van der Waals surface area contributed by atoms with Crippen LogP contribution in [-0.4, -0.2) is 67.0 Å². The van der Waals surface area contributed by atoms with Gasteiger partial charge in [-0.1, -0.05) is 42.5 Å². The molecule has 0 saturated heterocycles. The molecule has 0 spiro atoms. The molecule has 8 nitrogen and oxygen atoms in total. The van der Waals surface area contributed by atoms with Crippen LogP contribution in [-0.2, 0) is 14.3 Å². The van der Waals surface area contributed by atoms with Gasteiger partial charge in [0, 0.05) is 23.9 Å². The third kappa shape index (κ3) is 7.52. The van der Waals surface area contributed by atoms with E-state index in [2.05, 4.69) is 23.3 Å². The Labute approximate surface area is 221 Å². The fourth-order valence-electron chi connectivity index (χ4n) is 3.59. The predicted molar refractivity (Wildman–Crippen MR) is 150 cm³/mol. The molecule has 0 aliphatic carbocycles. The van der Waals surface area contributed by atoms with Crippen LogP contribution in [0.25, 0.3) is 22.0 Å². The van der Waals surface area contributed by atoms with Crippen LogP contribution in [0, 0.1) is 0 Å². The van der Waals surface area contributed by atoms with Crippen molar-refractivity contribution < 1.29 is 19.1 Å². The van der Waals surface area contributed by atoms with Crippen LogP contribution in [0.4, 0.5) is 5.69 Å². The summed E-state index contributed by atoms with van der Waals surface area (Å²) in [7, 11) is 1.30. The molecule has 2 atom stereocenters. The molecule has 10 heteroatoms. The van der Waals surface area contributed by atoms with Crippen molar-refractivity contribution in [2.45, 2.75) is 18.5 Å². The topological polar surface area (TPSA) is 116 Å². The van der Waals surface area contributed by atoms with E-state index in [-0.39, 0.29) is 18.5 Å². The molecule has 0 aliphatic rings. The summed E-state index contributed by atoms with van der Waals surface area (Å²) in [5, 5.41) is 8.08. The Kier molecular flexibility index (Phi) is 10.7. The third-order valence-electron chi connectivity index (χ3n) is 5.49. The highest BCUT2D eigenvalue weighted by Crippen LogP contribution is 2.31. The highest BCUT2D eigenvalue weighted by molar-refractivity contribution is 7.98. The minimum atomic E-state index is -0.737. The van der Waals surface area contributed by atoms with Gasteiger partial charge >= 0.3 is 5.97 Å². The van der Waals surface area contributed by atoms with Crippen LogP contribution in [0.15, 0.2) is 54.6 Å². The van der Waals surface area contributed by atoms with Gasteiger partial charge in [0.25, 0.3) is 5.91 Å². The van der Waals surface area contributed by atoms with Crippen molar-refractivity contribution in [2.75, 3.05) is 43.3 Å². The summed E-state index contributed by atoms with van der Waals surface area (Å²) >= 11 is 5.81. The quantitative estimate of drug-likeness (QED) is 0.197. The average Bonchev–Trinajstić information content (AvgIpc) is 2.92. The minimum absolute atomic E-state index is 0.167. The Morgan fingerprint density at radius 3 is 2.67 bits per heavy atom. The molecule has 2 aromatic carbocycles. The molecule has 0 aliphatic heterocycles. The second-order valence-electron chi connectivity index (χ2n) is 8.11. The summed E-state index contributed by atoms with van der Waals surface area (Å²) in [6.07, 6.45) is 2.39. The van der Waals surface area contributed by atoms with Crippen molar-refractivity contribution in [1.82, 2.24) is 10.3 Å². The molecule has 1 aromatic heterocycles. The number of carbonyl (C=O) groups is 2. The molecule has 1 amide bonds. The zero-order chi connectivity index (χ0) is 25.9. The number of hydrogen-bond donors (Lipinski definition) is 4. The number of methoxy groups -OCH3 is 1. The zero-order valence-corrected chi connectivity index (χ0v) is 22.1. The molecule has 0 saturated carbocycles. The average molecular weight is 529 g/mol. The Hall–Kier alpha value is -2.95. The smallest absolute Gasteiger partial charge is 0.328 e. The number of nitrogens with two attached hydrogens (primary N) is 1. The monoisotopic (exact) mass is 528 g/mol. The first-order valence-corrected chi connectivity index (χ1v) is 13.6. The molecule has 0 radical (unpaired) electrons. The SMILES string of the molecule is COC(=O)C(CCSC)NC(=O)COc1nc(-c2cccc3ccccc23)ccc1NCC(N)CS. The molecule has 3 aromatic rings. The number of aromatic nitrogens is 1. The minimum Gasteiger partial charge on any atom is -0.467 e. The number of nitrogens with zero attached hydrogens (tertiary/aromatic N) is 1. The highest BCUT2D eigenvalue weighted by atomic mass is 32.2. The van der Waals surface area contributed by atoms with Gasteiger partial charge in [-0.25, -0.2) is 9.78 Å². The lowest BCUT2D eigenvalue weighted by molar-refractivity contribution is -0.145. The summed E-state index contributed by atoms with van der Waals surface area (Å²) in [6, 6.07) is 16.9. The molecule has 0 fully saturated rings. The number of carbonyl (C=O) groups excluding carboxylic acids is 2. The molecule has 36 heavy (non-hydrogen) atoms. The van der Waals surface area contributed by atoms with Gasteiger partial charge in [0.15, 0.2) is 6.61 Å². The van der Waals surface area contributed by atoms with Crippen LogP contribution in [0.2, 0.25) is 0 Å². The number of pyridine rings is 1. The van der Waals surface area contributed by atoms with Gasteiger partial charge < -0.3 is 25.8 Å². The first-order valence-electron chi connectivity index (χ1n) is 11.5. The Morgan fingerprint density at radius 1 is 1.14 bits per heavy atom. The summed E-state index contributed by atoms with van der Waals surface area (Å²) in [5.74, 6) is 0.548. The molecule has 192 valence electrons. The van der Waals surface area contributed by atoms with E-state index in [0.29, 0.717) is 35.9 Å². The zero-order valence-electron chi connectivity index (χ0n) is 20.4. The first kappa shape index (κ1) is 27.6. The van der Waals surface area contributed by atoms with E-state index in [4.69, 9.17) is 20.2 Å². The lowest BCUT2D eigenvalue weighted by atomic mass is 10.0. The van der Waals surface area contributed by atoms with Crippen LogP contribution in [0.3, 0.4) is 0 Å². The van der Waals surface area contributed by atoms with Gasteiger partial charge in [-0.15, -0.1) is 0 Å². The van der Waals surface area contributed by atoms with Crippen molar-refractivity contribution in [3.05, 3.63) is 54.6 Å². The fraction of sp³-hybridized carbons (Fsp3) is 0.346. The number of amides is 1. The number of nitrogens with one attached hydrogen (secondary N) is 2. The second-order valence-corrected chi connectivity index (χ2v) is 9.46. The Bertz CT molecular complexity index is 1170. The summed E-state index contributed by atoms with van der Waals surface area (Å²) < 4.78 is 10.7. The van der Waals surface area contributed by atoms with E-state index < -0.39 is 17.9 Å². The molecular formula is C26H32N4O4S2. The second kappa shape index (κ2) is 14.0. The lowest BCUT2D eigenvalue weighted by Crippen LogP contribution is -2.44. The summed E-state index contributed by atoms with van der Waals surface area (Å²) in [4.78, 5) is 29.4. The Balaban J connectivity index is 1.83. The number of rotatable bonds is 13. The maximum Gasteiger partial charge on any atom is 0.328 e. The largest absolute Gasteiger partial charge is 0.467 e. The maximum atomic E-state index is 12.6. The number of thioether (sulfide) groups is 1. The van der Waals surface area contributed by atoms with Gasteiger partial charge in [-0.05, 0) is 41.3 Å². The molecule has 3 rings (SSSR count). The number of esters is 1. The van der Waals surface area contributed by atoms with Crippen LogP contribution in [0.5, 0.6) is 5.88 Å². The Morgan fingerprint density at radius 2 is 1.92 bits per heavy atom. The number of ether oxygens (including phenoxy) is 2. The van der Waals surface area contributed by atoms with E-state index in [0.717, 1.165) is 16.3 Å². The van der Waals surface area contributed by atoms with E-state index in [1.54, 1.807) is 11.8 Å². The number of thiol groups is 1. The van der Waals surface area contributed by atoms with Crippen molar-refractivity contribution >= 4 is 52.7 Å². The molecular weight excluding hydrogens is 496 g/mol. The number of benzene rings is 2. The maximum absolute atomic E-state index is 12.6. The predicted octanol–water partition coefficient (Wildman–Crippen LogP) is 3.36. The van der Waals surface area contributed by atoms with Crippen molar-refractivity contribution in [1.29, 1.82) is 0 Å². The van der Waals surface area contributed by atoms with Gasteiger partial charge in [0.05, 0.1) is 18.5 Å². The molecule has 0 bridgehead atoms. The fourth-order valence-corrected chi connectivity index (χ4v) is 4.19. The normalized spacial score (nSPS) is 12.6. The van der Waals surface area contributed by atoms with E-state index in [1.165, 1.54) is 7.11 Å².